The van der Waals surface area contributed by atoms with Gasteiger partial charge in [-0.3, -0.25) is 14.5 Å². The Labute approximate surface area is 199 Å². The van der Waals surface area contributed by atoms with E-state index in [1.807, 2.05) is 7.05 Å². The van der Waals surface area contributed by atoms with Crippen LogP contribution in [0.2, 0.25) is 0 Å². The van der Waals surface area contributed by atoms with Crippen molar-refractivity contribution in [2.45, 2.75) is 69.9 Å². The van der Waals surface area contributed by atoms with Gasteiger partial charge in [-0.2, -0.15) is 0 Å². The topological polar surface area (TPSA) is 64.1 Å². The molecule has 0 spiro atoms. The van der Waals surface area contributed by atoms with Crippen molar-refractivity contribution in [2.24, 2.45) is 11.3 Å². The molecular formula is C27H43N3O3. The Balaban J connectivity index is 1.86. The van der Waals surface area contributed by atoms with Crippen LogP contribution in [0.4, 0.5) is 0 Å². The Morgan fingerprint density at radius 2 is 1.70 bits per heavy atom. The van der Waals surface area contributed by atoms with E-state index < -0.39 is 11.4 Å². The number of carbonyl (C=O) groups excluding carboxylic acids is 1. The van der Waals surface area contributed by atoms with Gasteiger partial charge in [0.25, 0.3) is 0 Å². The summed E-state index contributed by atoms with van der Waals surface area (Å²) in [6, 6.07) is 10.7. The van der Waals surface area contributed by atoms with Crippen molar-refractivity contribution in [2.75, 3.05) is 40.8 Å². The average molecular weight is 458 g/mol. The fraction of sp³-hybridized carbons (Fsp3) is 0.704. The molecule has 0 saturated heterocycles. The van der Waals surface area contributed by atoms with Crippen molar-refractivity contribution in [3.63, 3.8) is 0 Å². The molecule has 0 bridgehead atoms. The fourth-order valence-electron chi connectivity index (χ4n) is 6.01. The van der Waals surface area contributed by atoms with Crippen LogP contribution in [0, 0.1) is 11.3 Å². The van der Waals surface area contributed by atoms with E-state index in [-0.39, 0.29) is 11.1 Å². The molecule has 2 aliphatic carbocycles. The first kappa shape index (κ1) is 25.7. The van der Waals surface area contributed by atoms with Crippen LogP contribution < -0.4 is 0 Å². The van der Waals surface area contributed by atoms with Gasteiger partial charge in [0, 0.05) is 25.2 Å². The van der Waals surface area contributed by atoms with Crippen molar-refractivity contribution >= 4 is 12.4 Å². The van der Waals surface area contributed by atoms with Crippen LogP contribution in [0.15, 0.2) is 30.3 Å². The Morgan fingerprint density at radius 1 is 1.09 bits per heavy atom. The first-order chi connectivity index (χ1) is 15.5. The third-order valence-electron chi connectivity index (χ3n) is 8.40. The second kappa shape index (κ2) is 10.1. The summed E-state index contributed by atoms with van der Waals surface area (Å²) >= 11 is 0. The van der Waals surface area contributed by atoms with Crippen molar-refractivity contribution in [3.05, 3.63) is 35.9 Å². The number of hydrogen-bond donors (Lipinski definition) is 1. The minimum Gasteiger partial charge on any atom is -0.481 e. The molecule has 3 rings (SSSR count). The average Bonchev–Trinajstić information content (AvgIpc) is 2.73. The summed E-state index contributed by atoms with van der Waals surface area (Å²) < 4.78 is 0. The maximum atomic E-state index is 12.4. The van der Waals surface area contributed by atoms with Gasteiger partial charge in [0.05, 0.1) is 11.0 Å². The summed E-state index contributed by atoms with van der Waals surface area (Å²) in [7, 11) is 6.32. The summed E-state index contributed by atoms with van der Waals surface area (Å²) in [6.45, 7) is 5.53. The van der Waals surface area contributed by atoms with Crippen molar-refractivity contribution in [1.29, 1.82) is 0 Å². The SMILES string of the molecule is CN(CC(C)(C)C(=O)O)CC1(N(C=O)CC2CCC2)CCC(c2ccccc2)(N(C)C)CC1. The van der Waals surface area contributed by atoms with E-state index in [1.165, 1.54) is 24.8 Å². The molecule has 0 heterocycles. The lowest BCUT2D eigenvalue weighted by molar-refractivity contribution is -0.148. The predicted octanol–water partition coefficient (Wildman–Crippen LogP) is 4.06. The summed E-state index contributed by atoms with van der Waals surface area (Å²) in [5.74, 6) is -0.188. The van der Waals surface area contributed by atoms with Crippen LogP contribution in [0.25, 0.3) is 0 Å². The van der Waals surface area contributed by atoms with Crippen LogP contribution in [0.5, 0.6) is 0 Å². The number of benzene rings is 1. The number of carboxylic acids is 1. The van der Waals surface area contributed by atoms with Crippen molar-refractivity contribution in [3.8, 4) is 0 Å². The summed E-state index contributed by atoms with van der Waals surface area (Å²) in [6.07, 6.45) is 8.48. The van der Waals surface area contributed by atoms with E-state index in [4.69, 9.17) is 0 Å². The van der Waals surface area contributed by atoms with Gasteiger partial charge in [-0.1, -0.05) is 36.8 Å². The molecule has 6 nitrogen and oxygen atoms in total. The van der Waals surface area contributed by atoms with Crippen LogP contribution in [-0.4, -0.2) is 78.5 Å². The molecule has 1 aromatic carbocycles. The highest BCUT2D eigenvalue weighted by molar-refractivity contribution is 5.73. The standard InChI is InChI=1S/C27H43N3O3/c1-25(2,24(32)33)19-29(5)20-26(30(21-31)18-22-10-9-11-22)14-16-27(17-15-26,28(3)4)23-12-7-6-8-13-23/h6-8,12-13,21-22H,9-11,14-20H2,1-5H3,(H,32,33). The van der Waals surface area contributed by atoms with Gasteiger partial charge in [0.2, 0.25) is 6.41 Å². The number of amides is 1. The molecule has 1 amide bonds. The maximum absolute atomic E-state index is 12.4. The second-order valence-electron chi connectivity index (χ2n) is 11.4. The largest absolute Gasteiger partial charge is 0.481 e. The zero-order valence-electron chi connectivity index (χ0n) is 21.2. The van der Waals surface area contributed by atoms with E-state index in [1.54, 1.807) is 13.8 Å². The number of carbonyl (C=O) groups is 2. The van der Waals surface area contributed by atoms with Crippen LogP contribution in [0.3, 0.4) is 0 Å². The first-order valence-corrected chi connectivity index (χ1v) is 12.4. The normalized spacial score (nSPS) is 26.3. The highest BCUT2D eigenvalue weighted by Crippen LogP contribution is 2.47. The van der Waals surface area contributed by atoms with Crippen molar-refractivity contribution in [1.82, 2.24) is 14.7 Å². The molecule has 1 N–H and O–H groups in total. The second-order valence-corrected chi connectivity index (χ2v) is 11.4. The Morgan fingerprint density at radius 3 is 2.15 bits per heavy atom. The van der Waals surface area contributed by atoms with Gasteiger partial charge in [-0.05, 0) is 85.0 Å². The molecular weight excluding hydrogens is 414 g/mol. The fourth-order valence-corrected chi connectivity index (χ4v) is 6.01. The molecule has 1 aromatic rings. The number of nitrogens with zero attached hydrogens (tertiary/aromatic N) is 3. The summed E-state index contributed by atoms with van der Waals surface area (Å²) in [4.78, 5) is 30.7. The van der Waals surface area contributed by atoms with Gasteiger partial charge in [0.1, 0.15) is 0 Å². The summed E-state index contributed by atoms with van der Waals surface area (Å²) in [5, 5.41) is 9.63. The smallest absolute Gasteiger partial charge is 0.310 e. The minimum atomic E-state index is -0.831. The number of aliphatic carboxylic acids is 1. The number of rotatable bonds is 11. The molecule has 0 aliphatic heterocycles. The number of hydrogen-bond acceptors (Lipinski definition) is 4. The molecule has 0 radical (unpaired) electrons. The molecule has 6 heteroatoms. The molecule has 0 aromatic heterocycles. The minimum absolute atomic E-state index is 0.0469. The zero-order chi connectivity index (χ0) is 24.3. The van der Waals surface area contributed by atoms with Crippen LogP contribution in [0.1, 0.15) is 64.4 Å². The number of likely N-dealkylation sites (N-methyl/N-ethyl adjacent to an activating group) is 1. The summed E-state index contributed by atoms with van der Waals surface area (Å²) in [5.41, 5.74) is 0.187. The Kier molecular flexibility index (Phi) is 7.90. The van der Waals surface area contributed by atoms with E-state index in [2.05, 4.69) is 59.1 Å². The first-order valence-electron chi connectivity index (χ1n) is 12.4. The lowest BCUT2D eigenvalue weighted by Crippen LogP contribution is -2.61. The highest BCUT2D eigenvalue weighted by atomic mass is 16.4. The van der Waals surface area contributed by atoms with Crippen LogP contribution in [-0.2, 0) is 15.1 Å². The molecule has 0 atom stereocenters. The maximum Gasteiger partial charge on any atom is 0.310 e. The van der Waals surface area contributed by atoms with Gasteiger partial charge in [-0.25, -0.2) is 0 Å². The van der Waals surface area contributed by atoms with Crippen molar-refractivity contribution < 1.29 is 14.7 Å². The van der Waals surface area contributed by atoms with E-state index in [0.717, 1.165) is 38.6 Å². The van der Waals surface area contributed by atoms with E-state index in [0.29, 0.717) is 19.0 Å². The molecule has 2 saturated carbocycles. The lowest BCUT2D eigenvalue weighted by atomic mass is 9.67. The lowest BCUT2D eigenvalue weighted by Gasteiger charge is -2.55. The van der Waals surface area contributed by atoms with Crippen LogP contribution >= 0.6 is 0 Å². The third-order valence-corrected chi connectivity index (χ3v) is 8.40. The van der Waals surface area contributed by atoms with Gasteiger partial charge in [0.15, 0.2) is 0 Å². The third kappa shape index (κ3) is 5.43. The van der Waals surface area contributed by atoms with Gasteiger partial charge >= 0.3 is 5.97 Å². The van der Waals surface area contributed by atoms with Gasteiger partial charge in [-0.15, -0.1) is 0 Å². The van der Waals surface area contributed by atoms with E-state index in [9.17, 15) is 14.7 Å². The quantitative estimate of drug-likeness (QED) is 0.508. The molecule has 0 unspecified atom stereocenters. The monoisotopic (exact) mass is 457 g/mol. The Hall–Kier alpha value is -1.92. The number of carboxylic acid groups (broad SMARTS) is 1. The Bertz CT molecular complexity index is 796. The molecule has 184 valence electrons. The molecule has 2 fully saturated rings. The molecule has 33 heavy (non-hydrogen) atoms. The van der Waals surface area contributed by atoms with Gasteiger partial charge < -0.3 is 14.9 Å². The molecule has 2 aliphatic rings. The predicted molar refractivity (Wildman–Crippen MR) is 132 cm³/mol. The highest BCUT2D eigenvalue weighted by Gasteiger charge is 2.48. The van der Waals surface area contributed by atoms with E-state index >= 15 is 0 Å². The zero-order valence-corrected chi connectivity index (χ0v) is 21.2.